The maximum atomic E-state index is 12.2. The zero-order chi connectivity index (χ0) is 18.0. The number of rotatable bonds is 5. The lowest BCUT2D eigenvalue weighted by Gasteiger charge is -2.27. The third-order valence-electron chi connectivity index (χ3n) is 3.99. The average Bonchev–Trinajstić information content (AvgIpc) is 3.15. The minimum atomic E-state index is -0.819. The number of anilines is 2. The molecule has 1 heterocycles. The van der Waals surface area contributed by atoms with Gasteiger partial charge in [-0.3, -0.25) is 15.0 Å². The predicted octanol–water partition coefficient (Wildman–Crippen LogP) is 4.04. The molecule has 0 aliphatic carbocycles. The molecule has 0 amide bonds. The van der Waals surface area contributed by atoms with Crippen LogP contribution in [0, 0.1) is 10.1 Å². The Labute approximate surface area is 143 Å². The van der Waals surface area contributed by atoms with Crippen molar-refractivity contribution in [3.63, 3.8) is 0 Å². The minimum Gasteiger partial charge on any atom is -0.467 e. The maximum absolute atomic E-state index is 12.2. The first-order valence-electron chi connectivity index (χ1n) is 7.61. The number of benzene rings is 2. The molecule has 7 heteroatoms. The van der Waals surface area contributed by atoms with Gasteiger partial charge in [0, 0.05) is 17.5 Å². The highest BCUT2D eigenvalue weighted by molar-refractivity contribution is 6.02. The average molecular weight is 340 g/mol. The Morgan fingerprint density at radius 3 is 2.60 bits per heavy atom. The van der Waals surface area contributed by atoms with E-state index in [0.717, 1.165) is 5.39 Å². The van der Waals surface area contributed by atoms with Gasteiger partial charge in [0.1, 0.15) is 11.7 Å². The van der Waals surface area contributed by atoms with E-state index in [0.29, 0.717) is 11.3 Å². The summed E-state index contributed by atoms with van der Waals surface area (Å²) < 4.78 is 10.3. The number of fused-ring (bicyclic) bond motifs is 1. The molecule has 3 rings (SSSR count). The smallest absolute Gasteiger partial charge is 0.328 e. The Kier molecular flexibility index (Phi) is 4.38. The molecule has 0 fully saturated rings. The van der Waals surface area contributed by atoms with E-state index in [-0.39, 0.29) is 11.4 Å². The number of ether oxygens (including phenoxy) is 1. The van der Waals surface area contributed by atoms with Crippen molar-refractivity contribution in [3.05, 3.63) is 64.9 Å². The van der Waals surface area contributed by atoms with Gasteiger partial charge in [0.15, 0.2) is 0 Å². The topological polar surface area (TPSA) is 85.8 Å². The van der Waals surface area contributed by atoms with Crippen molar-refractivity contribution in [2.75, 3.05) is 12.0 Å². The van der Waals surface area contributed by atoms with Gasteiger partial charge in [0.25, 0.3) is 5.69 Å². The number of carbonyl (C=O) groups is 1. The van der Waals surface area contributed by atoms with Crippen LogP contribution in [-0.2, 0) is 9.53 Å². The normalized spacial score (nSPS) is 11.9. The Balaban J connectivity index is 2.33. The molecule has 0 aliphatic heterocycles. The van der Waals surface area contributed by atoms with Crippen molar-refractivity contribution in [1.29, 1.82) is 0 Å². The van der Waals surface area contributed by atoms with Crippen molar-refractivity contribution >= 4 is 34.0 Å². The van der Waals surface area contributed by atoms with Crippen molar-refractivity contribution in [2.24, 2.45) is 0 Å². The third-order valence-corrected chi connectivity index (χ3v) is 3.99. The van der Waals surface area contributed by atoms with E-state index >= 15 is 0 Å². The fraction of sp³-hybridized carbons (Fsp3) is 0.167. The Morgan fingerprint density at radius 2 is 1.96 bits per heavy atom. The van der Waals surface area contributed by atoms with Crippen molar-refractivity contribution < 1.29 is 18.9 Å². The molecule has 0 N–H and O–H groups in total. The summed E-state index contributed by atoms with van der Waals surface area (Å²) in [5.74, 6) is -0.212. The number of hydrogen-bond donors (Lipinski definition) is 0. The second-order valence-electron chi connectivity index (χ2n) is 5.43. The zero-order valence-electron chi connectivity index (χ0n) is 13.7. The fourth-order valence-electron chi connectivity index (χ4n) is 2.82. The van der Waals surface area contributed by atoms with Crippen molar-refractivity contribution in [3.8, 4) is 0 Å². The lowest BCUT2D eigenvalue weighted by atomic mass is 10.0. The highest BCUT2D eigenvalue weighted by Gasteiger charge is 2.32. The summed E-state index contributed by atoms with van der Waals surface area (Å²) in [5, 5.41) is 13.1. The van der Waals surface area contributed by atoms with Crippen LogP contribution in [0.2, 0.25) is 0 Å². The first kappa shape index (κ1) is 16.5. The molecule has 7 nitrogen and oxygen atoms in total. The highest BCUT2D eigenvalue weighted by atomic mass is 16.6. The molecule has 0 radical (unpaired) electrons. The van der Waals surface area contributed by atoms with Crippen LogP contribution < -0.4 is 4.90 Å². The number of hydrogen-bond acceptors (Lipinski definition) is 6. The maximum Gasteiger partial charge on any atom is 0.328 e. The Morgan fingerprint density at radius 1 is 1.20 bits per heavy atom. The number of nitro benzene ring substituents is 1. The van der Waals surface area contributed by atoms with Crippen molar-refractivity contribution in [2.45, 2.75) is 13.0 Å². The predicted molar refractivity (Wildman–Crippen MR) is 92.9 cm³/mol. The second kappa shape index (κ2) is 6.64. The van der Waals surface area contributed by atoms with Crippen LogP contribution in [0.4, 0.5) is 17.3 Å². The van der Waals surface area contributed by atoms with Crippen LogP contribution in [0.3, 0.4) is 0 Å². The summed E-state index contributed by atoms with van der Waals surface area (Å²) in [4.78, 5) is 24.8. The minimum absolute atomic E-state index is 0.120. The summed E-state index contributed by atoms with van der Waals surface area (Å²) >= 11 is 0. The van der Waals surface area contributed by atoms with Gasteiger partial charge in [-0.15, -0.1) is 0 Å². The van der Waals surface area contributed by atoms with Gasteiger partial charge in [0.2, 0.25) is 5.88 Å². The van der Waals surface area contributed by atoms with Crippen LogP contribution in [-0.4, -0.2) is 24.0 Å². The van der Waals surface area contributed by atoms with Gasteiger partial charge >= 0.3 is 5.97 Å². The van der Waals surface area contributed by atoms with Gasteiger partial charge in [-0.2, -0.15) is 0 Å². The van der Waals surface area contributed by atoms with E-state index < -0.39 is 16.9 Å². The quantitative estimate of drug-likeness (QED) is 0.396. The summed E-state index contributed by atoms with van der Waals surface area (Å²) in [6.07, 6.45) is 1.45. The SMILES string of the molecule is COC(=O)C(C)N(c1ccco1)c1c([N+](=O)[O-])ccc2ccccc12. The molecule has 3 aromatic rings. The van der Waals surface area contributed by atoms with Crippen LogP contribution in [0.25, 0.3) is 10.8 Å². The Bertz CT molecular complexity index is 920. The number of carbonyl (C=O) groups excluding carboxylic acids is 1. The van der Waals surface area contributed by atoms with E-state index in [1.807, 2.05) is 12.1 Å². The molecule has 1 aromatic heterocycles. The molecule has 25 heavy (non-hydrogen) atoms. The van der Waals surface area contributed by atoms with E-state index in [1.165, 1.54) is 24.3 Å². The van der Waals surface area contributed by atoms with Gasteiger partial charge in [-0.1, -0.05) is 24.3 Å². The van der Waals surface area contributed by atoms with Crippen molar-refractivity contribution in [1.82, 2.24) is 0 Å². The van der Waals surface area contributed by atoms with Crippen LogP contribution in [0.5, 0.6) is 0 Å². The molecule has 0 saturated heterocycles. The summed E-state index contributed by atoms with van der Waals surface area (Å²) in [7, 11) is 1.27. The summed E-state index contributed by atoms with van der Waals surface area (Å²) in [6.45, 7) is 1.61. The molecule has 0 bridgehead atoms. The van der Waals surface area contributed by atoms with E-state index in [2.05, 4.69) is 0 Å². The van der Waals surface area contributed by atoms with E-state index in [9.17, 15) is 14.9 Å². The molecule has 1 unspecified atom stereocenters. The highest BCUT2D eigenvalue weighted by Crippen LogP contribution is 2.41. The Hall–Kier alpha value is -3.35. The monoisotopic (exact) mass is 340 g/mol. The largest absolute Gasteiger partial charge is 0.467 e. The molecule has 0 saturated carbocycles. The third kappa shape index (κ3) is 2.91. The first-order chi connectivity index (χ1) is 12.0. The molecule has 1 atom stereocenters. The standard InChI is InChI=1S/C18H16N2O5/c1-12(18(21)24-2)19(16-8-5-11-25-16)17-14-7-4-3-6-13(14)9-10-15(17)20(22)23/h3-12H,1-2H3. The fourth-order valence-corrected chi connectivity index (χ4v) is 2.82. The molecular formula is C18H16N2O5. The molecule has 2 aromatic carbocycles. The summed E-state index contributed by atoms with van der Waals surface area (Å²) in [6, 6.07) is 12.9. The van der Waals surface area contributed by atoms with E-state index in [1.54, 1.807) is 37.3 Å². The molecular weight excluding hydrogens is 324 g/mol. The van der Waals surface area contributed by atoms with Crippen LogP contribution in [0.1, 0.15) is 6.92 Å². The number of nitro groups is 1. The van der Waals surface area contributed by atoms with E-state index in [4.69, 9.17) is 9.15 Å². The second-order valence-corrected chi connectivity index (χ2v) is 5.43. The molecule has 0 aliphatic rings. The van der Waals surface area contributed by atoms with Crippen LogP contribution >= 0.6 is 0 Å². The number of nitrogens with zero attached hydrogens (tertiary/aromatic N) is 2. The molecule has 0 spiro atoms. The van der Waals surface area contributed by atoms with Gasteiger partial charge in [0.05, 0.1) is 18.3 Å². The molecule has 128 valence electrons. The van der Waals surface area contributed by atoms with Crippen LogP contribution in [0.15, 0.2) is 59.2 Å². The lowest BCUT2D eigenvalue weighted by Crippen LogP contribution is -2.36. The zero-order valence-corrected chi connectivity index (χ0v) is 13.7. The lowest BCUT2D eigenvalue weighted by molar-refractivity contribution is -0.384. The van der Waals surface area contributed by atoms with Gasteiger partial charge in [-0.25, -0.2) is 4.79 Å². The number of methoxy groups -OCH3 is 1. The van der Waals surface area contributed by atoms with Gasteiger partial charge in [-0.05, 0) is 24.4 Å². The first-order valence-corrected chi connectivity index (χ1v) is 7.61. The summed E-state index contributed by atoms with van der Waals surface area (Å²) in [5.41, 5.74) is 0.168. The number of esters is 1. The number of furan rings is 1. The van der Waals surface area contributed by atoms with Gasteiger partial charge < -0.3 is 9.15 Å².